The van der Waals surface area contributed by atoms with E-state index in [-0.39, 0.29) is 23.3 Å². The van der Waals surface area contributed by atoms with E-state index >= 15 is 0 Å². The van der Waals surface area contributed by atoms with Crippen molar-refractivity contribution in [2.75, 3.05) is 6.61 Å². The number of hydrogen-bond donors (Lipinski definition) is 1. The Morgan fingerprint density at radius 3 is 2.33 bits per heavy atom. The normalized spacial score (nSPS) is 11.3. The maximum atomic E-state index is 11.9. The molecule has 0 heterocycles. The zero-order valence-corrected chi connectivity index (χ0v) is 11.8. The van der Waals surface area contributed by atoms with Gasteiger partial charge < -0.3 is 14.6 Å². The van der Waals surface area contributed by atoms with Gasteiger partial charge in [0.25, 0.3) is 0 Å². The van der Waals surface area contributed by atoms with Crippen molar-refractivity contribution in [1.82, 2.24) is 0 Å². The van der Waals surface area contributed by atoms with Crippen molar-refractivity contribution in [3.63, 3.8) is 0 Å². The highest BCUT2D eigenvalue weighted by atomic mass is 16.6. The van der Waals surface area contributed by atoms with Crippen molar-refractivity contribution in [2.24, 2.45) is 0 Å². The molecule has 0 aliphatic heterocycles. The summed E-state index contributed by atoms with van der Waals surface area (Å²) in [6.07, 6.45) is -0.657. The van der Waals surface area contributed by atoms with Crippen LogP contribution >= 0.6 is 0 Å². The Kier molecular flexibility index (Phi) is 5.66. The first kappa shape index (κ1) is 16.4. The van der Waals surface area contributed by atoms with Crippen LogP contribution in [-0.4, -0.2) is 35.7 Å². The SMILES string of the molecule is C=C(C)C(=O)OC(C)COC(=O)c1ccccc1C(=O)O. The Labute approximate surface area is 122 Å². The van der Waals surface area contributed by atoms with Crippen LogP contribution in [0.5, 0.6) is 0 Å². The largest absolute Gasteiger partial charge is 0.478 e. The molecule has 1 N–H and O–H groups in total. The molecule has 0 fully saturated rings. The molecule has 6 heteroatoms. The van der Waals surface area contributed by atoms with E-state index in [1.165, 1.54) is 31.2 Å². The standard InChI is InChI=1S/C15H16O6/c1-9(2)14(18)21-10(3)8-20-15(19)12-7-5-4-6-11(12)13(16)17/h4-7,10H,1,8H2,2-3H3,(H,16,17). The van der Waals surface area contributed by atoms with Gasteiger partial charge in [0.1, 0.15) is 12.7 Å². The monoisotopic (exact) mass is 292 g/mol. The van der Waals surface area contributed by atoms with Crippen LogP contribution < -0.4 is 0 Å². The summed E-state index contributed by atoms with van der Waals surface area (Å²) in [6, 6.07) is 5.71. The molecular formula is C15H16O6. The van der Waals surface area contributed by atoms with Crippen LogP contribution in [0.15, 0.2) is 36.4 Å². The molecule has 0 amide bonds. The number of rotatable bonds is 6. The van der Waals surface area contributed by atoms with Gasteiger partial charge in [0.05, 0.1) is 11.1 Å². The first-order chi connectivity index (χ1) is 9.82. The van der Waals surface area contributed by atoms with Crippen molar-refractivity contribution in [2.45, 2.75) is 20.0 Å². The predicted molar refractivity (Wildman–Crippen MR) is 74.1 cm³/mol. The fourth-order valence-corrected chi connectivity index (χ4v) is 1.44. The molecule has 0 bridgehead atoms. The minimum atomic E-state index is -1.22. The first-order valence-corrected chi connectivity index (χ1v) is 6.19. The van der Waals surface area contributed by atoms with Crippen LogP contribution in [-0.2, 0) is 14.3 Å². The lowest BCUT2D eigenvalue weighted by Gasteiger charge is -2.14. The van der Waals surface area contributed by atoms with Gasteiger partial charge in [0.2, 0.25) is 0 Å². The summed E-state index contributed by atoms with van der Waals surface area (Å²) in [5.41, 5.74) is 0.0434. The molecule has 112 valence electrons. The van der Waals surface area contributed by atoms with Gasteiger partial charge in [-0.1, -0.05) is 18.7 Å². The minimum Gasteiger partial charge on any atom is -0.478 e. The number of carbonyl (C=O) groups is 3. The smallest absolute Gasteiger partial charge is 0.339 e. The summed E-state index contributed by atoms with van der Waals surface area (Å²) < 4.78 is 9.90. The number of esters is 2. The number of benzene rings is 1. The number of carboxylic acid groups (broad SMARTS) is 1. The van der Waals surface area contributed by atoms with E-state index in [0.29, 0.717) is 0 Å². The fraction of sp³-hybridized carbons (Fsp3) is 0.267. The fourth-order valence-electron chi connectivity index (χ4n) is 1.44. The van der Waals surface area contributed by atoms with E-state index in [4.69, 9.17) is 14.6 Å². The lowest BCUT2D eigenvalue weighted by atomic mass is 10.1. The summed E-state index contributed by atoms with van der Waals surface area (Å²) >= 11 is 0. The molecule has 1 aromatic rings. The highest BCUT2D eigenvalue weighted by Gasteiger charge is 2.18. The number of carbonyl (C=O) groups excluding carboxylic acids is 2. The van der Waals surface area contributed by atoms with Gasteiger partial charge in [-0.3, -0.25) is 0 Å². The Morgan fingerprint density at radius 2 is 1.81 bits per heavy atom. The molecule has 0 aliphatic carbocycles. The zero-order valence-electron chi connectivity index (χ0n) is 11.8. The first-order valence-electron chi connectivity index (χ1n) is 6.19. The van der Waals surface area contributed by atoms with Gasteiger partial charge >= 0.3 is 17.9 Å². The van der Waals surface area contributed by atoms with Gasteiger partial charge in [-0.05, 0) is 26.0 Å². The second-order valence-corrected chi connectivity index (χ2v) is 4.45. The summed E-state index contributed by atoms with van der Waals surface area (Å²) in [4.78, 5) is 34.1. The predicted octanol–water partition coefficient (Wildman–Crippen LogP) is 2.05. The molecule has 0 saturated carbocycles. The summed E-state index contributed by atoms with van der Waals surface area (Å²) in [5, 5.41) is 8.99. The molecule has 0 radical (unpaired) electrons. The van der Waals surface area contributed by atoms with Gasteiger partial charge in [0.15, 0.2) is 0 Å². The van der Waals surface area contributed by atoms with Crippen LogP contribution in [0, 0.1) is 0 Å². The third kappa shape index (κ3) is 4.76. The number of aromatic carboxylic acids is 1. The lowest BCUT2D eigenvalue weighted by Crippen LogP contribution is -2.23. The quantitative estimate of drug-likeness (QED) is 0.637. The maximum absolute atomic E-state index is 11.9. The molecule has 0 spiro atoms. The van der Waals surface area contributed by atoms with Crippen molar-refractivity contribution in [3.05, 3.63) is 47.5 Å². The zero-order chi connectivity index (χ0) is 16.0. The van der Waals surface area contributed by atoms with Gasteiger partial charge in [-0.15, -0.1) is 0 Å². The van der Waals surface area contributed by atoms with Crippen LogP contribution in [0.1, 0.15) is 34.6 Å². The van der Waals surface area contributed by atoms with Crippen LogP contribution in [0.4, 0.5) is 0 Å². The highest BCUT2D eigenvalue weighted by molar-refractivity contribution is 6.02. The Hall–Kier alpha value is -2.63. The van der Waals surface area contributed by atoms with Crippen LogP contribution in [0.25, 0.3) is 0 Å². The third-order valence-electron chi connectivity index (χ3n) is 2.48. The topological polar surface area (TPSA) is 89.9 Å². The minimum absolute atomic E-state index is 0.0524. The van der Waals surface area contributed by atoms with Gasteiger partial charge in [0, 0.05) is 5.57 Å². The van der Waals surface area contributed by atoms with E-state index < -0.39 is 24.0 Å². The van der Waals surface area contributed by atoms with Crippen LogP contribution in [0.2, 0.25) is 0 Å². The molecule has 21 heavy (non-hydrogen) atoms. The summed E-state index contributed by atoms with van der Waals surface area (Å²) in [5.74, 6) is -2.58. The lowest BCUT2D eigenvalue weighted by molar-refractivity contribution is -0.145. The number of ether oxygens (including phenoxy) is 2. The number of carboxylic acids is 1. The Balaban J connectivity index is 2.64. The Bertz CT molecular complexity index is 575. The molecule has 0 aromatic heterocycles. The average molecular weight is 292 g/mol. The molecule has 0 saturated heterocycles. The van der Waals surface area contributed by atoms with Gasteiger partial charge in [-0.25, -0.2) is 14.4 Å². The van der Waals surface area contributed by atoms with Crippen molar-refractivity contribution >= 4 is 17.9 Å². The summed E-state index contributed by atoms with van der Waals surface area (Å²) in [6.45, 7) is 6.32. The highest BCUT2D eigenvalue weighted by Crippen LogP contribution is 2.11. The third-order valence-corrected chi connectivity index (χ3v) is 2.48. The van der Waals surface area contributed by atoms with E-state index in [2.05, 4.69) is 6.58 Å². The number of hydrogen-bond acceptors (Lipinski definition) is 5. The molecular weight excluding hydrogens is 276 g/mol. The van der Waals surface area contributed by atoms with Crippen LogP contribution in [0.3, 0.4) is 0 Å². The second kappa shape index (κ2) is 7.23. The molecule has 6 nitrogen and oxygen atoms in total. The average Bonchev–Trinajstić information content (AvgIpc) is 2.44. The van der Waals surface area contributed by atoms with E-state index in [1.54, 1.807) is 6.92 Å². The maximum Gasteiger partial charge on any atom is 0.339 e. The van der Waals surface area contributed by atoms with Crippen molar-refractivity contribution in [1.29, 1.82) is 0 Å². The molecule has 0 aliphatic rings. The Morgan fingerprint density at radius 1 is 1.24 bits per heavy atom. The van der Waals surface area contributed by atoms with E-state index in [9.17, 15) is 14.4 Å². The molecule has 1 rings (SSSR count). The molecule has 1 aromatic carbocycles. The van der Waals surface area contributed by atoms with E-state index in [1.807, 2.05) is 0 Å². The van der Waals surface area contributed by atoms with Crippen molar-refractivity contribution in [3.8, 4) is 0 Å². The van der Waals surface area contributed by atoms with Gasteiger partial charge in [-0.2, -0.15) is 0 Å². The second-order valence-electron chi connectivity index (χ2n) is 4.45. The van der Waals surface area contributed by atoms with E-state index in [0.717, 1.165) is 0 Å². The molecule has 1 atom stereocenters. The van der Waals surface area contributed by atoms with Crippen molar-refractivity contribution < 1.29 is 29.0 Å². The molecule has 1 unspecified atom stereocenters. The summed E-state index contributed by atoms with van der Waals surface area (Å²) in [7, 11) is 0.